The van der Waals surface area contributed by atoms with Gasteiger partial charge in [-0.15, -0.1) is 22.7 Å². The van der Waals surface area contributed by atoms with Crippen molar-refractivity contribution in [3.05, 3.63) is 27.5 Å². The summed E-state index contributed by atoms with van der Waals surface area (Å²) in [6.07, 6.45) is 2.49. The Balaban J connectivity index is 2.24. The number of hydrogen-bond acceptors (Lipinski definition) is 4. The molecule has 14 heavy (non-hydrogen) atoms. The normalized spacial score (nSPS) is 10.7. The minimum atomic E-state index is 0.173. The first-order chi connectivity index (χ1) is 6.79. The summed E-state index contributed by atoms with van der Waals surface area (Å²) < 4.78 is 0.777. The maximum Gasteiger partial charge on any atom is 0.133 e. The molecule has 0 amide bonds. The van der Waals surface area contributed by atoms with Crippen molar-refractivity contribution < 1.29 is 5.11 Å². The predicted molar refractivity (Wildman–Crippen MR) is 61.2 cm³/mol. The first kappa shape index (κ1) is 10.1. The Morgan fingerprint density at radius 2 is 2.21 bits per heavy atom. The molecule has 2 rings (SSSR count). The third kappa shape index (κ3) is 2.15. The second-order valence-corrected chi connectivity index (χ2v) is 5.54. The van der Waals surface area contributed by atoms with Crippen LogP contribution in [0.5, 0.6) is 0 Å². The van der Waals surface area contributed by atoms with Gasteiger partial charge in [0.2, 0.25) is 0 Å². The van der Waals surface area contributed by atoms with Crippen molar-refractivity contribution in [2.24, 2.45) is 0 Å². The minimum Gasteiger partial charge on any atom is -0.396 e. The van der Waals surface area contributed by atoms with E-state index in [2.05, 4.69) is 4.98 Å². The summed E-state index contributed by atoms with van der Waals surface area (Å²) >= 11 is 8.96. The lowest BCUT2D eigenvalue weighted by Crippen LogP contribution is -1.84. The minimum absolute atomic E-state index is 0.173. The van der Waals surface area contributed by atoms with Gasteiger partial charge >= 0.3 is 0 Å². The molecule has 5 heteroatoms. The number of halogens is 1. The lowest BCUT2D eigenvalue weighted by atomic mass is 10.4. The molecule has 0 radical (unpaired) electrons. The molecule has 0 aliphatic heterocycles. The average molecular weight is 246 g/mol. The highest BCUT2D eigenvalue weighted by Crippen LogP contribution is 2.33. The van der Waals surface area contributed by atoms with E-state index in [1.165, 1.54) is 11.3 Å². The molecule has 0 atom stereocenters. The zero-order valence-electron chi connectivity index (χ0n) is 7.24. The molecule has 0 bridgehead atoms. The van der Waals surface area contributed by atoms with Crippen LogP contribution in [0.2, 0.25) is 4.34 Å². The summed E-state index contributed by atoms with van der Waals surface area (Å²) in [6.45, 7) is 0.173. The van der Waals surface area contributed by atoms with Gasteiger partial charge in [0.25, 0.3) is 0 Å². The molecular weight excluding hydrogens is 238 g/mol. The molecule has 0 unspecified atom stereocenters. The number of thiazole rings is 1. The maximum absolute atomic E-state index is 8.76. The van der Waals surface area contributed by atoms with Crippen LogP contribution in [-0.4, -0.2) is 16.7 Å². The first-order valence-corrected chi connectivity index (χ1v) is 6.12. The Bertz CT molecular complexity index is 424. The fraction of sp³-hybridized carbons (Fsp3) is 0.222. The zero-order chi connectivity index (χ0) is 9.97. The molecule has 0 aliphatic carbocycles. The van der Waals surface area contributed by atoms with Crippen molar-refractivity contribution in [1.82, 2.24) is 4.98 Å². The number of aliphatic hydroxyl groups is 1. The molecule has 2 aromatic heterocycles. The lowest BCUT2D eigenvalue weighted by molar-refractivity contribution is 0.300. The van der Waals surface area contributed by atoms with E-state index >= 15 is 0 Å². The highest BCUT2D eigenvalue weighted by atomic mass is 35.5. The Morgan fingerprint density at radius 1 is 1.36 bits per heavy atom. The summed E-state index contributed by atoms with van der Waals surface area (Å²) in [6, 6.07) is 3.84. The molecule has 0 saturated heterocycles. The summed E-state index contributed by atoms with van der Waals surface area (Å²) in [7, 11) is 0. The zero-order valence-corrected chi connectivity index (χ0v) is 9.62. The number of rotatable bonds is 3. The van der Waals surface area contributed by atoms with Crippen LogP contribution in [-0.2, 0) is 6.42 Å². The second kappa shape index (κ2) is 4.40. The van der Waals surface area contributed by atoms with Crippen molar-refractivity contribution in [3.63, 3.8) is 0 Å². The number of nitrogens with zero attached hydrogens (tertiary/aromatic N) is 1. The lowest BCUT2D eigenvalue weighted by Gasteiger charge is -1.87. The van der Waals surface area contributed by atoms with Crippen LogP contribution < -0.4 is 0 Å². The van der Waals surface area contributed by atoms with Crippen molar-refractivity contribution >= 4 is 34.3 Å². The van der Waals surface area contributed by atoms with E-state index in [0.29, 0.717) is 6.42 Å². The van der Waals surface area contributed by atoms with Crippen molar-refractivity contribution in [3.8, 4) is 9.88 Å². The van der Waals surface area contributed by atoms with E-state index in [9.17, 15) is 0 Å². The first-order valence-electron chi connectivity index (χ1n) is 4.11. The maximum atomic E-state index is 8.76. The molecule has 0 fully saturated rings. The van der Waals surface area contributed by atoms with E-state index in [4.69, 9.17) is 16.7 Å². The van der Waals surface area contributed by atoms with Gasteiger partial charge in [0.15, 0.2) is 0 Å². The number of aliphatic hydroxyl groups excluding tert-OH is 1. The van der Waals surface area contributed by atoms with Crippen LogP contribution in [0, 0.1) is 0 Å². The topological polar surface area (TPSA) is 33.1 Å². The van der Waals surface area contributed by atoms with Crippen molar-refractivity contribution in [1.29, 1.82) is 0 Å². The fourth-order valence-corrected chi connectivity index (χ4v) is 3.08. The summed E-state index contributed by atoms with van der Waals surface area (Å²) in [5, 5.41) is 9.74. The molecule has 0 aromatic carbocycles. The van der Waals surface area contributed by atoms with Gasteiger partial charge in [-0.05, 0) is 12.1 Å². The number of aromatic nitrogens is 1. The highest BCUT2D eigenvalue weighted by molar-refractivity contribution is 7.23. The summed E-state index contributed by atoms with van der Waals surface area (Å²) in [5.41, 5.74) is 0. The van der Waals surface area contributed by atoms with Crippen LogP contribution in [0.3, 0.4) is 0 Å². The molecule has 2 aromatic rings. The molecule has 74 valence electrons. The fourth-order valence-electron chi connectivity index (χ4n) is 1.08. The van der Waals surface area contributed by atoms with Crippen molar-refractivity contribution in [2.75, 3.05) is 6.61 Å². The number of hydrogen-bond donors (Lipinski definition) is 1. The average Bonchev–Trinajstić information content (AvgIpc) is 2.74. The molecule has 2 nitrogen and oxygen atoms in total. The SMILES string of the molecule is OCCc1cnc(-c2ccc(Cl)s2)s1. The molecule has 0 saturated carbocycles. The Morgan fingerprint density at radius 3 is 2.86 bits per heavy atom. The molecule has 2 heterocycles. The van der Waals surface area contributed by atoms with Gasteiger partial charge < -0.3 is 5.11 Å². The van der Waals surface area contributed by atoms with Crippen molar-refractivity contribution in [2.45, 2.75) is 6.42 Å². The van der Waals surface area contributed by atoms with Crippen LogP contribution in [0.4, 0.5) is 0 Å². The molecule has 0 spiro atoms. The van der Waals surface area contributed by atoms with Crippen LogP contribution in [0.25, 0.3) is 9.88 Å². The van der Waals surface area contributed by atoms with Gasteiger partial charge in [0.1, 0.15) is 5.01 Å². The van der Waals surface area contributed by atoms with E-state index in [-0.39, 0.29) is 6.61 Å². The molecule has 1 N–H and O–H groups in total. The monoisotopic (exact) mass is 245 g/mol. The van der Waals surface area contributed by atoms with E-state index in [1.54, 1.807) is 11.3 Å². The Kier molecular flexibility index (Phi) is 3.18. The van der Waals surface area contributed by atoms with Gasteiger partial charge in [-0.3, -0.25) is 0 Å². The second-order valence-electron chi connectivity index (χ2n) is 2.71. The highest BCUT2D eigenvalue weighted by Gasteiger charge is 2.06. The quantitative estimate of drug-likeness (QED) is 0.902. The Hall–Kier alpha value is -0.420. The third-order valence-electron chi connectivity index (χ3n) is 1.70. The largest absolute Gasteiger partial charge is 0.396 e. The standard InChI is InChI=1S/C9H8ClNOS2/c10-8-2-1-7(14-8)9-11-5-6(13-9)3-4-12/h1-2,5,12H,3-4H2. The number of thiophene rings is 1. The molecular formula is C9H8ClNOS2. The predicted octanol–water partition coefficient (Wildman–Crippen LogP) is 3.06. The van der Waals surface area contributed by atoms with Gasteiger partial charge in [0, 0.05) is 24.1 Å². The van der Waals surface area contributed by atoms with Crippen LogP contribution in [0.15, 0.2) is 18.3 Å². The summed E-state index contributed by atoms with van der Waals surface area (Å²) in [4.78, 5) is 6.47. The van der Waals surface area contributed by atoms with Gasteiger partial charge in [-0.2, -0.15) is 0 Å². The smallest absolute Gasteiger partial charge is 0.133 e. The van der Waals surface area contributed by atoms with E-state index in [1.807, 2.05) is 18.3 Å². The van der Waals surface area contributed by atoms with E-state index < -0.39 is 0 Å². The Labute approximate surface area is 94.8 Å². The third-order valence-corrected chi connectivity index (χ3v) is 4.15. The van der Waals surface area contributed by atoms with Gasteiger partial charge in [-0.1, -0.05) is 11.6 Å². The van der Waals surface area contributed by atoms with Gasteiger partial charge in [0.05, 0.1) is 9.21 Å². The molecule has 0 aliphatic rings. The summed E-state index contributed by atoms with van der Waals surface area (Å²) in [5.74, 6) is 0. The van der Waals surface area contributed by atoms with Crippen LogP contribution >= 0.6 is 34.3 Å². The van der Waals surface area contributed by atoms with Gasteiger partial charge in [-0.25, -0.2) is 4.98 Å². The van der Waals surface area contributed by atoms with Crippen LogP contribution in [0.1, 0.15) is 4.88 Å². The van der Waals surface area contributed by atoms with E-state index in [0.717, 1.165) is 19.1 Å².